The van der Waals surface area contributed by atoms with E-state index in [-0.39, 0.29) is 21.4 Å². The number of hydrogen-bond acceptors (Lipinski definition) is 8. The van der Waals surface area contributed by atoms with Gasteiger partial charge in [-0.3, -0.25) is 0 Å². The smallest absolute Gasteiger partial charge is 0.343 e. The lowest BCUT2D eigenvalue weighted by molar-refractivity contribution is -0.227. The first kappa shape index (κ1) is 20.6. The van der Waals surface area contributed by atoms with Gasteiger partial charge in [0.25, 0.3) is 0 Å². The van der Waals surface area contributed by atoms with Crippen molar-refractivity contribution in [2.24, 2.45) is 0 Å². The summed E-state index contributed by atoms with van der Waals surface area (Å²) in [6, 6.07) is 2.91. The number of halogens is 2. The predicted octanol–water partition coefficient (Wildman–Crippen LogP) is 1.76. The second kappa shape index (κ2) is 7.71. The van der Waals surface area contributed by atoms with Crippen LogP contribution in [0.2, 0.25) is 10.0 Å². The fraction of sp³-hybridized carbons (Fsp3) is 0.588. The van der Waals surface area contributed by atoms with Crippen LogP contribution in [0.1, 0.15) is 24.2 Å². The normalized spacial score (nSPS) is 30.0. The number of carbonyl (C=O) groups is 1. The lowest BCUT2D eigenvalue weighted by Gasteiger charge is -2.25. The molecule has 5 atom stereocenters. The summed E-state index contributed by atoms with van der Waals surface area (Å²) in [7, 11) is 1.34. The summed E-state index contributed by atoms with van der Waals surface area (Å²) in [5.41, 5.74) is -0.0583. The number of carbonyl (C=O) groups excluding carboxylic acids is 1. The Labute approximate surface area is 165 Å². The van der Waals surface area contributed by atoms with Gasteiger partial charge in [0.05, 0.1) is 17.2 Å². The molecule has 0 aromatic heterocycles. The summed E-state index contributed by atoms with van der Waals surface area (Å²) in [4.78, 5) is 12.4. The second-order valence-corrected chi connectivity index (χ2v) is 7.48. The lowest BCUT2D eigenvalue weighted by atomic mass is 10.1. The molecule has 2 N–H and O–H groups in total. The average Bonchev–Trinajstić information content (AvgIpc) is 3.07. The van der Waals surface area contributed by atoms with Crippen molar-refractivity contribution in [2.75, 3.05) is 13.7 Å². The largest absolute Gasteiger partial charge is 0.494 e. The van der Waals surface area contributed by atoms with Crippen molar-refractivity contribution in [3.05, 3.63) is 27.7 Å². The minimum atomic E-state index is -1.31. The van der Waals surface area contributed by atoms with Crippen LogP contribution >= 0.6 is 23.2 Å². The lowest BCUT2D eigenvalue weighted by Crippen LogP contribution is -2.43. The summed E-state index contributed by atoms with van der Waals surface area (Å²) in [5.74, 6) is -1.66. The van der Waals surface area contributed by atoms with Gasteiger partial charge in [-0.05, 0) is 26.0 Å². The Morgan fingerprint density at radius 1 is 1.30 bits per heavy atom. The molecule has 2 aliphatic heterocycles. The Morgan fingerprint density at radius 3 is 2.59 bits per heavy atom. The Morgan fingerprint density at radius 2 is 1.96 bits per heavy atom. The van der Waals surface area contributed by atoms with Gasteiger partial charge in [-0.15, -0.1) is 0 Å². The number of rotatable bonds is 5. The quantitative estimate of drug-likeness (QED) is 0.691. The number of methoxy groups -OCH3 is 1. The molecule has 10 heteroatoms. The molecule has 0 aliphatic carbocycles. The van der Waals surface area contributed by atoms with Gasteiger partial charge in [0.2, 0.25) is 0 Å². The van der Waals surface area contributed by atoms with Gasteiger partial charge in [-0.1, -0.05) is 23.2 Å². The molecule has 0 radical (unpaired) electrons. The van der Waals surface area contributed by atoms with Gasteiger partial charge >= 0.3 is 5.97 Å². The molecular formula is C17H20Cl2O8. The first-order valence-corrected chi connectivity index (χ1v) is 8.96. The molecule has 0 saturated carbocycles. The van der Waals surface area contributed by atoms with E-state index in [1.54, 1.807) is 13.8 Å². The van der Waals surface area contributed by atoms with Crippen molar-refractivity contribution in [3.63, 3.8) is 0 Å². The number of aliphatic hydroxyl groups excluding tert-OH is 2. The number of esters is 1. The van der Waals surface area contributed by atoms with Crippen LogP contribution in [0, 0.1) is 0 Å². The first-order valence-electron chi connectivity index (χ1n) is 8.21. The van der Waals surface area contributed by atoms with Gasteiger partial charge in [0, 0.05) is 0 Å². The maximum absolute atomic E-state index is 12.4. The first-order chi connectivity index (χ1) is 12.6. The molecule has 150 valence electrons. The summed E-state index contributed by atoms with van der Waals surface area (Å²) in [5, 5.41) is 20.9. The van der Waals surface area contributed by atoms with E-state index in [0.717, 1.165) is 0 Å². The standard InChI is InChI=1S/C17H20Cl2O8/c1-17(2)26-14-11(21)13(25-16(14)27-17)9(20)6-24-15(22)10-7(18)4-5-8(19)12(10)23-3/h4-5,9,11,13-14,16,20-21H,6H2,1-3H3/t9?,11-,13+,14+,16+/m0/s1. The number of aliphatic hydroxyl groups is 2. The molecule has 0 bridgehead atoms. The topological polar surface area (TPSA) is 104 Å². The Balaban J connectivity index is 1.63. The van der Waals surface area contributed by atoms with Crippen molar-refractivity contribution >= 4 is 29.2 Å². The maximum Gasteiger partial charge on any atom is 0.343 e. The van der Waals surface area contributed by atoms with Crippen molar-refractivity contribution < 1.29 is 38.7 Å². The number of hydrogen-bond donors (Lipinski definition) is 2. The molecule has 2 heterocycles. The predicted molar refractivity (Wildman–Crippen MR) is 94.0 cm³/mol. The summed E-state index contributed by atoms with van der Waals surface area (Å²) in [6.07, 6.45) is -5.05. The Kier molecular flexibility index (Phi) is 5.88. The number of benzene rings is 1. The zero-order valence-corrected chi connectivity index (χ0v) is 16.4. The molecule has 0 amide bonds. The Bertz CT molecular complexity index is 725. The fourth-order valence-corrected chi connectivity index (χ4v) is 3.55. The SMILES string of the molecule is COc1c(Cl)ccc(Cl)c1C(=O)OCC(O)[C@H]1O[C@@H]2OC(C)(C)O[C@@H]2[C@H]1O. The molecule has 0 spiro atoms. The van der Waals surface area contributed by atoms with Crippen LogP contribution in [0.4, 0.5) is 0 Å². The molecular weight excluding hydrogens is 403 g/mol. The highest BCUT2D eigenvalue weighted by atomic mass is 35.5. The van der Waals surface area contributed by atoms with E-state index in [1.165, 1.54) is 19.2 Å². The highest BCUT2D eigenvalue weighted by Crippen LogP contribution is 2.38. The highest BCUT2D eigenvalue weighted by molar-refractivity contribution is 6.37. The number of ether oxygens (including phenoxy) is 5. The minimum absolute atomic E-state index is 0.0583. The third-order valence-electron chi connectivity index (χ3n) is 4.28. The molecule has 8 nitrogen and oxygen atoms in total. The van der Waals surface area contributed by atoms with Crippen molar-refractivity contribution in [2.45, 2.75) is 50.3 Å². The van der Waals surface area contributed by atoms with Gasteiger partial charge in [-0.2, -0.15) is 0 Å². The molecule has 3 rings (SSSR count). The van der Waals surface area contributed by atoms with Crippen LogP contribution in [0.25, 0.3) is 0 Å². The number of fused-ring (bicyclic) bond motifs is 1. The monoisotopic (exact) mass is 422 g/mol. The van der Waals surface area contributed by atoms with E-state index in [2.05, 4.69) is 0 Å². The van der Waals surface area contributed by atoms with E-state index >= 15 is 0 Å². The third-order valence-corrected chi connectivity index (χ3v) is 4.90. The van der Waals surface area contributed by atoms with Gasteiger partial charge < -0.3 is 33.9 Å². The second-order valence-electron chi connectivity index (χ2n) is 6.66. The third kappa shape index (κ3) is 4.02. The Hall–Kier alpha value is -1.13. The summed E-state index contributed by atoms with van der Waals surface area (Å²) >= 11 is 12.0. The zero-order chi connectivity index (χ0) is 19.9. The van der Waals surface area contributed by atoms with Crippen molar-refractivity contribution in [1.82, 2.24) is 0 Å². The van der Waals surface area contributed by atoms with Crippen LogP contribution in [0.5, 0.6) is 5.75 Å². The molecule has 1 aromatic rings. The van der Waals surface area contributed by atoms with Crippen LogP contribution in [0.3, 0.4) is 0 Å². The summed E-state index contributed by atoms with van der Waals surface area (Å²) < 4.78 is 26.8. The zero-order valence-electron chi connectivity index (χ0n) is 14.8. The van der Waals surface area contributed by atoms with E-state index < -0.39 is 49.1 Å². The van der Waals surface area contributed by atoms with Gasteiger partial charge in [-0.25, -0.2) is 4.79 Å². The van der Waals surface area contributed by atoms with Crippen molar-refractivity contribution in [3.8, 4) is 5.75 Å². The minimum Gasteiger partial charge on any atom is -0.494 e. The molecule has 27 heavy (non-hydrogen) atoms. The average molecular weight is 423 g/mol. The van der Waals surface area contributed by atoms with E-state index in [9.17, 15) is 15.0 Å². The maximum atomic E-state index is 12.4. The van der Waals surface area contributed by atoms with E-state index in [1.807, 2.05) is 0 Å². The molecule has 2 fully saturated rings. The molecule has 1 unspecified atom stereocenters. The van der Waals surface area contributed by atoms with Gasteiger partial charge in [0.1, 0.15) is 36.6 Å². The van der Waals surface area contributed by atoms with E-state index in [4.69, 9.17) is 46.9 Å². The van der Waals surface area contributed by atoms with Crippen molar-refractivity contribution in [1.29, 1.82) is 0 Å². The van der Waals surface area contributed by atoms with Crippen LogP contribution in [-0.2, 0) is 18.9 Å². The van der Waals surface area contributed by atoms with E-state index in [0.29, 0.717) is 0 Å². The molecule has 2 aliphatic rings. The van der Waals surface area contributed by atoms with Crippen LogP contribution in [-0.4, -0.2) is 66.4 Å². The van der Waals surface area contributed by atoms with Crippen LogP contribution in [0.15, 0.2) is 12.1 Å². The molecule has 2 saturated heterocycles. The fourth-order valence-electron chi connectivity index (χ4n) is 3.09. The molecule has 1 aromatic carbocycles. The summed E-state index contributed by atoms with van der Waals surface area (Å²) in [6.45, 7) is 2.93. The van der Waals surface area contributed by atoms with Gasteiger partial charge in [0.15, 0.2) is 17.8 Å². The van der Waals surface area contributed by atoms with Crippen LogP contribution < -0.4 is 4.74 Å². The highest BCUT2D eigenvalue weighted by Gasteiger charge is 2.56.